The molecule has 5 heteroatoms. The molecule has 0 saturated heterocycles. The van der Waals surface area contributed by atoms with E-state index in [2.05, 4.69) is 13.8 Å². The number of rotatable bonds is 9. The minimum Gasteiger partial charge on any atom is -0.494 e. The number of aromatic carboxylic acids is 1. The molecule has 1 atom stereocenters. The first-order valence-corrected chi connectivity index (χ1v) is 8.78. The van der Waals surface area contributed by atoms with Crippen LogP contribution in [0.3, 0.4) is 0 Å². The summed E-state index contributed by atoms with van der Waals surface area (Å²) in [6.45, 7) is 5.07. The summed E-state index contributed by atoms with van der Waals surface area (Å²) in [5, 5.41) is 8.86. The van der Waals surface area contributed by atoms with Crippen molar-refractivity contribution in [2.24, 2.45) is 5.92 Å². The topological polar surface area (TPSA) is 72.8 Å². The van der Waals surface area contributed by atoms with Crippen molar-refractivity contribution < 1.29 is 24.2 Å². The molecule has 0 aromatic heterocycles. The highest BCUT2D eigenvalue weighted by atomic mass is 16.5. The van der Waals surface area contributed by atoms with Crippen LogP contribution in [0, 0.1) is 5.92 Å². The molecule has 138 valence electrons. The Morgan fingerprint density at radius 2 is 1.54 bits per heavy atom. The zero-order valence-electron chi connectivity index (χ0n) is 15.1. The van der Waals surface area contributed by atoms with Crippen LogP contribution in [0.4, 0.5) is 0 Å². The predicted octanol–water partition coefficient (Wildman–Crippen LogP) is 4.81. The SMILES string of the molecule is CC[C@H](C)CCCOc1ccc(C(=O)Oc2ccc(C(=O)O)cc2)cc1. The number of carbonyl (C=O) groups excluding carboxylic acids is 1. The van der Waals surface area contributed by atoms with Gasteiger partial charge in [0, 0.05) is 0 Å². The Kier molecular flexibility index (Phi) is 7.21. The number of ether oxygens (including phenoxy) is 2. The molecule has 26 heavy (non-hydrogen) atoms. The minimum atomic E-state index is -1.03. The molecule has 0 spiro atoms. The molecule has 2 aromatic rings. The fourth-order valence-electron chi connectivity index (χ4n) is 2.34. The van der Waals surface area contributed by atoms with Gasteiger partial charge in [-0.25, -0.2) is 9.59 Å². The van der Waals surface area contributed by atoms with E-state index >= 15 is 0 Å². The number of hydrogen-bond donors (Lipinski definition) is 1. The third kappa shape index (κ3) is 5.92. The first kappa shape index (κ1) is 19.5. The predicted molar refractivity (Wildman–Crippen MR) is 99.0 cm³/mol. The molecule has 0 bridgehead atoms. The van der Waals surface area contributed by atoms with Crippen LogP contribution >= 0.6 is 0 Å². The van der Waals surface area contributed by atoms with E-state index in [1.54, 1.807) is 24.3 Å². The molecule has 1 N–H and O–H groups in total. The average Bonchev–Trinajstić information content (AvgIpc) is 2.65. The number of carboxylic acids is 1. The van der Waals surface area contributed by atoms with Crippen LogP contribution in [0.15, 0.2) is 48.5 Å². The first-order chi connectivity index (χ1) is 12.5. The Balaban J connectivity index is 1.85. The smallest absolute Gasteiger partial charge is 0.343 e. The molecule has 0 fully saturated rings. The highest BCUT2D eigenvalue weighted by molar-refractivity contribution is 5.91. The van der Waals surface area contributed by atoms with Gasteiger partial charge in [0.25, 0.3) is 0 Å². The zero-order chi connectivity index (χ0) is 18.9. The summed E-state index contributed by atoms with van der Waals surface area (Å²) in [7, 11) is 0. The van der Waals surface area contributed by atoms with Gasteiger partial charge in [-0.3, -0.25) is 0 Å². The standard InChI is InChI=1S/C21H24O5/c1-3-15(2)5-4-14-25-18-10-8-17(9-11-18)21(24)26-19-12-6-16(7-13-19)20(22)23/h6-13,15H,3-5,14H2,1-2H3,(H,22,23)/t15-/m0/s1. The van der Waals surface area contributed by atoms with Crippen LogP contribution in [0.25, 0.3) is 0 Å². The molecule has 0 aliphatic rings. The van der Waals surface area contributed by atoms with Gasteiger partial charge >= 0.3 is 11.9 Å². The number of carboxylic acid groups (broad SMARTS) is 1. The van der Waals surface area contributed by atoms with Gasteiger partial charge in [-0.1, -0.05) is 20.3 Å². The lowest BCUT2D eigenvalue weighted by atomic mass is 10.0. The van der Waals surface area contributed by atoms with Gasteiger partial charge in [0.15, 0.2) is 0 Å². The number of hydrogen-bond acceptors (Lipinski definition) is 4. The maximum absolute atomic E-state index is 12.1. The zero-order valence-corrected chi connectivity index (χ0v) is 15.1. The first-order valence-electron chi connectivity index (χ1n) is 8.78. The molecule has 5 nitrogen and oxygen atoms in total. The number of carbonyl (C=O) groups is 2. The van der Waals surface area contributed by atoms with E-state index < -0.39 is 11.9 Å². The maximum Gasteiger partial charge on any atom is 0.343 e. The van der Waals surface area contributed by atoms with Crippen LogP contribution in [-0.2, 0) is 0 Å². The molecular weight excluding hydrogens is 332 g/mol. The summed E-state index contributed by atoms with van der Waals surface area (Å²) in [6.07, 6.45) is 3.32. The van der Waals surface area contributed by atoms with Crippen molar-refractivity contribution in [1.29, 1.82) is 0 Å². The molecule has 0 amide bonds. The van der Waals surface area contributed by atoms with Crippen LogP contribution < -0.4 is 9.47 Å². The van der Waals surface area contributed by atoms with Crippen molar-refractivity contribution >= 4 is 11.9 Å². The fraction of sp³-hybridized carbons (Fsp3) is 0.333. The Morgan fingerprint density at radius 1 is 0.962 bits per heavy atom. The van der Waals surface area contributed by atoms with Gasteiger partial charge in [0.1, 0.15) is 11.5 Å². The Morgan fingerprint density at radius 3 is 2.12 bits per heavy atom. The Labute approximate surface area is 153 Å². The summed E-state index contributed by atoms with van der Waals surface area (Å²) in [5.74, 6) is 0.196. The van der Waals surface area contributed by atoms with Gasteiger partial charge in [-0.15, -0.1) is 0 Å². The quantitative estimate of drug-likeness (QED) is 0.396. The van der Waals surface area contributed by atoms with Gasteiger partial charge < -0.3 is 14.6 Å². The third-order valence-corrected chi connectivity index (χ3v) is 4.21. The molecule has 0 radical (unpaired) electrons. The second-order valence-electron chi connectivity index (χ2n) is 6.25. The van der Waals surface area contributed by atoms with Crippen molar-refractivity contribution in [3.8, 4) is 11.5 Å². The maximum atomic E-state index is 12.1. The molecule has 2 aromatic carbocycles. The van der Waals surface area contributed by atoms with Crippen molar-refractivity contribution in [3.05, 3.63) is 59.7 Å². The summed E-state index contributed by atoms with van der Waals surface area (Å²) in [6, 6.07) is 12.5. The van der Waals surface area contributed by atoms with Crippen molar-refractivity contribution in [3.63, 3.8) is 0 Å². The molecule has 0 aliphatic heterocycles. The highest BCUT2D eigenvalue weighted by Crippen LogP contribution is 2.17. The lowest BCUT2D eigenvalue weighted by Crippen LogP contribution is -2.08. The molecule has 0 heterocycles. The lowest BCUT2D eigenvalue weighted by molar-refractivity contribution is 0.0696. The van der Waals surface area contributed by atoms with Crippen LogP contribution in [0.2, 0.25) is 0 Å². The highest BCUT2D eigenvalue weighted by Gasteiger charge is 2.10. The Bertz CT molecular complexity index is 719. The van der Waals surface area contributed by atoms with E-state index in [1.165, 1.54) is 30.7 Å². The van der Waals surface area contributed by atoms with Crippen LogP contribution in [0.5, 0.6) is 11.5 Å². The molecule has 0 saturated carbocycles. The molecular formula is C21H24O5. The molecule has 0 unspecified atom stereocenters. The normalized spacial score (nSPS) is 11.6. The van der Waals surface area contributed by atoms with Gasteiger partial charge in [0.2, 0.25) is 0 Å². The van der Waals surface area contributed by atoms with E-state index in [1.807, 2.05) is 0 Å². The van der Waals surface area contributed by atoms with Crippen LogP contribution in [0.1, 0.15) is 53.8 Å². The largest absolute Gasteiger partial charge is 0.494 e. The van der Waals surface area contributed by atoms with E-state index in [9.17, 15) is 9.59 Å². The number of esters is 1. The summed E-state index contributed by atoms with van der Waals surface area (Å²) >= 11 is 0. The van der Waals surface area contributed by atoms with Crippen LogP contribution in [-0.4, -0.2) is 23.7 Å². The monoisotopic (exact) mass is 356 g/mol. The van der Waals surface area contributed by atoms with Gasteiger partial charge in [-0.2, -0.15) is 0 Å². The van der Waals surface area contributed by atoms with Gasteiger partial charge in [-0.05, 0) is 67.3 Å². The van der Waals surface area contributed by atoms with E-state index in [4.69, 9.17) is 14.6 Å². The van der Waals surface area contributed by atoms with Crippen molar-refractivity contribution in [1.82, 2.24) is 0 Å². The van der Waals surface area contributed by atoms with Crippen molar-refractivity contribution in [2.75, 3.05) is 6.61 Å². The fourth-order valence-corrected chi connectivity index (χ4v) is 2.34. The lowest BCUT2D eigenvalue weighted by Gasteiger charge is -2.10. The average molecular weight is 356 g/mol. The Hall–Kier alpha value is -2.82. The summed E-state index contributed by atoms with van der Waals surface area (Å²) in [4.78, 5) is 22.9. The molecule has 0 aliphatic carbocycles. The second-order valence-corrected chi connectivity index (χ2v) is 6.25. The second kappa shape index (κ2) is 9.61. The van der Waals surface area contributed by atoms with E-state index in [0.717, 1.165) is 18.6 Å². The molecule has 2 rings (SSSR count). The van der Waals surface area contributed by atoms with E-state index in [0.29, 0.717) is 23.8 Å². The minimum absolute atomic E-state index is 0.139. The summed E-state index contributed by atoms with van der Waals surface area (Å²) in [5.41, 5.74) is 0.541. The van der Waals surface area contributed by atoms with Crippen molar-refractivity contribution in [2.45, 2.75) is 33.1 Å². The van der Waals surface area contributed by atoms with E-state index in [-0.39, 0.29) is 5.56 Å². The summed E-state index contributed by atoms with van der Waals surface area (Å²) < 4.78 is 10.9. The van der Waals surface area contributed by atoms with Gasteiger partial charge in [0.05, 0.1) is 17.7 Å². The third-order valence-electron chi connectivity index (χ3n) is 4.21. The number of benzene rings is 2.